The molecule has 1 nitrogen and oxygen atoms in total. The third kappa shape index (κ3) is 2.76. The summed E-state index contributed by atoms with van der Waals surface area (Å²) in [6.07, 6.45) is 1.05. The SMILES string of the molecule is CCP(Br)(c1ccccc1)(c1ccccc1)c1ccccc1.O. The van der Waals surface area contributed by atoms with Crippen molar-refractivity contribution in [3.63, 3.8) is 0 Å². The molecule has 0 amide bonds. The van der Waals surface area contributed by atoms with Crippen LogP contribution in [0.1, 0.15) is 6.92 Å². The molecule has 0 aliphatic rings. The van der Waals surface area contributed by atoms with Gasteiger partial charge in [-0.25, -0.2) is 0 Å². The van der Waals surface area contributed by atoms with Crippen molar-refractivity contribution in [2.24, 2.45) is 0 Å². The van der Waals surface area contributed by atoms with E-state index < -0.39 is 5.31 Å². The van der Waals surface area contributed by atoms with Gasteiger partial charge in [-0.15, -0.1) is 0 Å². The molecule has 3 aromatic rings. The van der Waals surface area contributed by atoms with Crippen molar-refractivity contribution in [1.82, 2.24) is 0 Å². The Balaban J connectivity index is 0.00000192. The first-order chi connectivity index (χ1) is 10.7. The molecule has 0 atom stereocenters. The van der Waals surface area contributed by atoms with Crippen molar-refractivity contribution in [2.75, 3.05) is 6.16 Å². The van der Waals surface area contributed by atoms with Gasteiger partial charge in [0.05, 0.1) is 0 Å². The van der Waals surface area contributed by atoms with Gasteiger partial charge in [0, 0.05) is 0 Å². The van der Waals surface area contributed by atoms with Crippen LogP contribution in [0.5, 0.6) is 0 Å². The van der Waals surface area contributed by atoms with E-state index in [1.807, 2.05) is 0 Å². The second-order valence-electron chi connectivity index (χ2n) is 5.51. The van der Waals surface area contributed by atoms with Crippen molar-refractivity contribution in [3.05, 3.63) is 91.0 Å². The predicted molar refractivity (Wildman–Crippen MR) is 108 cm³/mol. The number of rotatable bonds is 4. The summed E-state index contributed by atoms with van der Waals surface area (Å²) < 4.78 is 0. The van der Waals surface area contributed by atoms with Crippen molar-refractivity contribution >= 4 is 36.7 Å². The van der Waals surface area contributed by atoms with E-state index in [1.54, 1.807) is 0 Å². The third-order valence-corrected chi connectivity index (χ3v) is 15.0. The van der Waals surface area contributed by atoms with Crippen LogP contribution < -0.4 is 15.9 Å². The number of hydrogen-bond donors (Lipinski definition) is 0. The van der Waals surface area contributed by atoms with Crippen LogP contribution in [0.15, 0.2) is 91.0 Å². The maximum atomic E-state index is 4.35. The van der Waals surface area contributed by atoms with Gasteiger partial charge in [-0.05, 0) is 0 Å². The van der Waals surface area contributed by atoms with E-state index in [0.717, 1.165) is 6.16 Å². The predicted octanol–water partition coefficient (Wildman–Crippen LogP) is 4.02. The maximum Gasteiger partial charge on any atom is -0.412 e. The molecular formula is C20H22BrOP. The second kappa shape index (κ2) is 6.97. The smallest absolute Gasteiger partial charge is 0.412 e. The zero-order valence-electron chi connectivity index (χ0n) is 13.2. The fourth-order valence-corrected chi connectivity index (χ4v) is 9.71. The molecule has 0 radical (unpaired) electrons. The average molecular weight is 389 g/mol. The van der Waals surface area contributed by atoms with E-state index in [0.29, 0.717) is 0 Å². The van der Waals surface area contributed by atoms with Crippen LogP contribution in [-0.4, -0.2) is 11.6 Å². The third-order valence-electron chi connectivity index (χ3n) is 4.48. The molecule has 0 fully saturated rings. The summed E-state index contributed by atoms with van der Waals surface area (Å²) in [6, 6.07) is 32.7. The maximum absolute atomic E-state index is 4.35. The van der Waals surface area contributed by atoms with E-state index in [2.05, 4.69) is 113 Å². The van der Waals surface area contributed by atoms with E-state index in [-0.39, 0.29) is 5.48 Å². The van der Waals surface area contributed by atoms with Crippen LogP contribution in [0.2, 0.25) is 0 Å². The molecule has 0 saturated heterocycles. The summed E-state index contributed by atoms with van der Waals surface area (Å²) in [7, 11) is 0. The number of hydrogen-bond acceptors (Lipinski definition) is 0. The van der Waals surface area contributed by atoms with E-state index in [9.17, 15) is 0 Å². The molecule has 0 aliphatic heterocycles. The van der Waals surface area contributed by atoms with Crippen LogP contribution in [-0.2, 0) is 0 Å². The van der Waals surface area contributed by atoms with Crippen molar-refractivity contribution in [2.45, 2.75) is 6.92 Å². The van der Waals surface area contributed by atoms with Gasteiger partial charge >= 0.3 is 141 Å². The first-order valence-electron chi connectivity index (χ1n) is 7.60. The number of halogens is 1. The van der Waals surface area contributed by atoms with Gasteiger partial charge in [-0.2, -0.15) is 0 Å². The Kier molecular flexibility index (Phi) is 5.41. The molecule has 0 aliphatic carbocycles. The number of benzene rings is 3. The van der Waals surface area contributed by atoms with E-state index >= 15 is 0 Å². The molecule has 120 valence electrons. The van der Waals surface area contributed by atoms with E-state index in [4.69, 9.17) is 0 Å². The Morgan fingerprint density at radius 2 is 0.870 bits per heavy atom. The Labute approximate surface area is 146 Å². The molecule has 3 heteroatoms. The molecule has 0 saturated carbocycles. The molecule has 0 unspecified atom stereocenters. The normalized spacial score (nSPS) is 12.7. The molecule has 23 heavy (non-hydrogen) atoms. The molecular weight excluding hydrogens is 367 g/mol. The Morgan fingerprint density at radius 1 is 0.609 bits per heavy atom. The molecule has 0 spiro atoms. The molecule has 0 heterocycles. The van der Waals surface area contributed by atoms with Crippen LogP contribution in [0, 0.1) is 0 Å². The van der Waals surface area contributed by atoms with Gasteiger partial charge in [0.1, 0.15) is 0 Å². The van der Waals surface area contributed by atoms with Gasteiger partial charge in [0.15, 0.2) is 0 Å². The van der Waals surface area contributed by atoms with Crippen LogP contribution in [0.4, 0.5) is 0 Å². The zero-order valence-corrected chi connectivity index (χ0v) is 15.7. The second-order valence-corrected chi connectivity index (χ2v) is 14.7. The minimum Gasteiger partial charge on any atom is -0.412 e. The topological polar surface area (TPSA) is 31.5 Å². The molecule has 3 aromatic carbocycles. The minimum absolute atomic E-state index is 0. The van der Waals surface area contributed by atoms with Gasteiger partial charge < -0.3 is 5.48 Å². The van der Waals surface area contributed by atoms with Gasteiger partial charge in [-0.1, -0.05) is 0 Å². The Morgan fingerprint density at radius 3 is 1.09 bits per heavy atom. The molecule has 2 N–H and O–H groups in total. The van der Waals surface area contributed by atoms with Crippen molar-refractivity contribution < 1.29 is 5.48 Å². The van der Waals surface area contributed by atoms with Gasteiger partial charge in [0.25, 0.3) is 0 Å². The van der Waals surface area contributed by atoms with Crippen LogP contribution in [0.25, 0.3) is 0 Å². The van der Waals surface area contributed by atoms with Crippen LogP contribution in [0.3, 0.4) is 0 Å². The summed E-state index contributed by atoms with van der Waals surface area (Å²) in [5.41, 5.74) is 0. The average Bonchev–Trinajstić information content (AvgIpc) is 2.63. The van der Waals surface area contributed by atoms with E-state index in [1.165, 1.54) is 15.9 Å². The molecule has 0 aromatic heterocycles. The summed E-state index contributed by atoms with van der Waals surface area (Å²) in [4.78, 5) is 0. The fourth-order valence-electron chi connectivity index (χ4n) is 3.21. The fraction of sp³-hybridized carbons (Fsp3) is 0.100. The van der Waals surface area contributed by atoms with Crippen molar-refractivity contribution in [3.8, 4) is 0 Å². The van der Waals surface area contributed by atoms with Crippen LogP contribution >= 0.6 is 20.8 Å². The standard InChI is InChI=1S/C20H20BrP.H2O/c1-2-22(21,18-12-6-3-7-13-18,19-14-8-4-9-15-19)20-16-10-5-11-17-20;/h3-17H,2H2,1H3;1H2. The first kappa shape index (κ1) is 17.9. The summed E-state index contributed by atoms with van der Waals surface area (Å²) >= 11 is 4.35. The summed E-state index contributed by atoms with van der Waals surface area (Å²) in [5.74, 6) is 0. The summed E-state index contributed by atoms with van der Waals surface area (Å²) in [5, 5.41) is 1.56. The molecule has 3 rings (SSSR count). The Hall–Kier alpha value is -1.47. The van der Waals surface area contributed by atoms with Gasteiger partial charge in [0.2, 0.25) is 0 Å². The first-order valence-corrected chi connectivity index (χ1v) is 12.0. The quantitative estimate of drug-likeness (QED) is 0.604. The van der Waals surface area contributed by atoms with Crippen molar-refractivity contribution in [1.29, 1.82) is 0 Å². The summed E-state index contributed by atoms with van der Waals surface area (Å²) in [6.45, 7) is 2.29. The van der Waals surface area contributed by atoms with Gasteiger partial charge in [-0.3, -0.25) is 0 Å². The largest absolute Gasteiger partial charge is 0.412 e. The zero-order chi connectivity index (χ0) is 15.5. The monoisotopic (exact) mass is 388 g/mol. The Bertz CT molecular complexity index is 645. The minimum atomic E-state index is -2.59. The molecule has 0 bridgehead atoms.